The fourth-order valence-electron chi connectivity index (χ4n) is 15.9. The topological polar surface area (TPSA) is 436 Å². The number of aliphatic hydroxyl groups excluding tert-OH is 4. The fraction of sp³-hybridized carbons (Fsp3) is 0.333. The molecule has 8 aliphatic rings. The van der Waals surface area contributed by atoms with Gasteiger partial charge in [-0.2, -0.15) is 20.4 Å². The van der Waals surface area contributed by atoms with Crippen molar-refractivity contribution in [3.05, 3.63) is 146 Å². The zero-order valence-corrected chi connectivity index (χ0v) is 54.1. The van der Waals surface area contributed by atoms with Gasteiger partial charge in [0, 0.05) is 141 Å². The zero-order valence-electron chi connectivity index (χ0n) is 54.1. The first-order chi connectivity index (χ1) is 48.7. The van der Waals surface area contributed by atoms with Crippen LogP contribution in [0.1, 0.15) is 51.4 Å². The summed E-state index contributed by atoms with van der Waals surface area (Å²) in [6, 6.07) is 39.9. The van der Waals surface area contributed by atoms with Gasteiger partial charge in [0.1, 0.15) is 35.5 Å². The van der Waals surface area contributed by atoms with E-state index in [9.17, 15) is 20.4 Å². The van der Waals surface area contributed by atoms with Crippen LogP contribution in [0.2, 0.25) is 0 Å². The number of nitrogens with two attached hydrogens (primary N) is 4. The van der Waals surface area contributed by atoms with Crippen molar-refractivity contribution in [1.29, 1.82) is 0 Å². The van der Waals surface area contributed by atoms with E-state index in [-0.39, 0.29) is 85.2 Å². The van der Waals surface area contributed by atoms with Crippen molar-refractivity contribution in [2.24, 2.45) is 0 Å². The van der Waals surface area contributed by atoms with Gasteiger partial charge in [-0.1, -0.05) is 48.5 Å². The summed E-state index contributed by atoms with van der Waals surface area (Å²) in [6.07, 6.45) is 11.7. The average Bonchev–Trinajstić information content (AvgIpc) is 1.58. The molecule has 8 bridgehead atoms. The zero-order chi connectivity index (χ0) is 67.9. The Bertz CT molecular complexity index is 4620. The highest BCUT2D eigenvalue weighted by Crippen LogP contribution is 2.43. The van der Waals surface area contributed by atoms with Gasteiger partial charge in [0.25, 0.3) is 0 Å². The van der Waals surface area contributed by atoms with Gasteiger partial charge in [0.15, 0.2) is 0 Å². The molecule has 0 aliphatic carbocycles. The molecular formula is C72H76N20O8. The van der Waals surface area contributed by atoms with Gasteiger partial charge in [0.2, 0.25) is 0 Å². The van der Waals surface area contributed by atoms with Gasteiger partial charge in [-0.05, 0) is 74.2 Å². The number of ether oxygens (including phenoxy) is 4. The second kappa shape index (κ2) is 25.9. The molecule has 20 rings (SSSR count). The van der Waals surface area contributed by atoms with Gasteiger partial charge in [-0.25, -0.2) is 19.9 Å². The Morgan fingerprint density at radius 2 is 0.620 bits per heavy atom. The molecule has 8 saturated heterocycles. The van der Waals surface area contributed by atoms with Crippen LogP contribution in [0.5, 0.6) is 0 Å². The molecule has 28 heteroatoms. The smallest absolute Gasteiger partial charge is 0.126 e. The van der Waals surface area contributed by atoms with E-state index in [4.69, 9.17) is 41.9 Å². The van der Waals surface area contributed by atoms with E-state index in [1.54, 1.807) is 24.8 Å². The number of H-pyrrole nitrogens is 4. The van der Waals surface area contributed by atoms with Crippen LogP contribution in [-0.2, 0) is 18.9 Å². The maximum Gasteiger partial charge on any atom is 0.126 e. The normalized spacial score (nSPS) is 27.9. The number of benzene rings is 4. The number of aliphatic hydroxyl groups is 4. The number of anilines is 8. The standard InChI is InChI=1S/4C18H19N5O2/c2*19-17-8-14(21-15-6-10-7-16(24)18(15)25-10)11-2-1-9(5-13(11)22-17)12-3-4-20-23-12;2*19-18-7-13(21-14-6-17-15(24)8-16(14)25-17)10-2-1-9(5-12(10)22-18)11-3-4-20-23-11/h2*1-5,8,10,15-16,18,24H,6-7H2,(H,20,23)(H3,19,21,22);2*1-5,7,14-17,24H,6,8H2,(H,20,23)(H3,19,21,22)/t2*10-,15+,16-,18+;2*14-,15-,16+,17+/m1010/s1. The van der Waals surface area contributed by atoms with Crippen LogP contribution in [0.15, 0.2) is 146 Å². The van der Waals surface area contributed by atoms with Crippen LogP contribution in [0.3, 0.4) is 0 Å². The van der Waals surface area contributed by atoms with Gasteiger partial charge in [-0.15, -0.1) is 0 Å². The van der Waals surface area contributed by atoms with Crippen molar-refractivity contribution >= 4 is 89.6 Å². The Morgan fingerprint density at radius 1 is 0.320 bits per heavy atom. The summed E-state index contributed by atoms with van der Waals surface area (Å²) in [4.78, 5) is 17.9. The lowest BCUT2D eigenvalue weighted by molar-refractivity contribution is 0.0494. The molecule has 28 nitrogen and oxygen atoms in total. The summed E-state index contributed by atoms with van der Waals surface area (Å²) in [7, 11) is 0. The van der Waals surface area contributed by atoms with Crippen molar-refractivity contribution in [3.63, 3.8) is 0 Å². The van der Waals surface area contributed by atoms with Gasteiger partial charge in [0.05, 0.1) is 130 Å². The largest absolute Gasteiger partial charge is 0.390 e. The second-order valence-electron chi connectivity index (χ2n) is 27.2. The highest BCUT2D eigenvalue weighted by atomic mass is 16.5. The van der Waals surface area contributed by atoms with E-state index in [1.807, 2.05) is 121 Å². The van der Waals surface area contributed by atoms with E-state index in [1.165, 1.54) is 0 Å². The first kappa shape index (κ1) is 62.9. The molecule has 4 aromatic carbocycles. The molecule has 16 atom stereocenters. The monoisotopic (exact) mass is 1350 g/mol. The van der Waals surface area contributed by atoms with Crippen LogP contribution in [0.25, 0.3) is 88.6 Å². The number of fused-ring (bicyclic) bond motifs is 12. The quantitative estimate of drug-likeness (QED) is 0.0558. The number of aromatic amines is 4. The lowest BCUT2D eigenvalue weighted by atomic mass is 9.92. The summed E-state index contributed by atoms with van der Waals surface area (Å²) in [5, 5.41) is 85.8. The summed E-state index contributed by atoms with van der Waals surface area (Å²) < 4.78 is 23.2. The molecule has 20 N–H and O–H groups in total. The number of hydrogen-bond acceptors (Lipinski definition) is 24. The van der Waals surface area contributed by atoms with Crippen LogP contribution in [0.4, 0.5) is 46.0 Å². The first-order valence-electron chi connectivity index (χ1n) is 33.9. The van der Waals surface area contributed by atoms with E-state index in [0.29, 0.717) is 36.1 Å². The lowest BCUT2D eigenvalue weighted by Gasteiger charge is -2.25. The minimum absolute atomic E-state index is 0.0497. The second-order valence-corrected chi connectivity index (χ2v) is 27.2. The summed E-state index contributed by atoms with van der Waals surface area (Å²) in [5.74, 6) is 1.87. The number of hydrogen-bond donors (Lipinski definition) is 16. The van der Waals surface area contributed by atoms with E-state index in [0.717, 1.165) is 150 Å². The number of nitrogens with one attached hydrogen (secondary N) is 8. The van der Waals surface area contributed by atoms with Gasteiger partial charge >= 0.3 is 0 Å². The highest BCUT2D eigenvalue weighted by Gasteiger charge is 2.50. The Morgan fingerprint density at radius 3 is 0.860 bits per heavy atom. The van der Waals surface area contributed by atoms with Gasteiger partial charge in [-0.3, -0.25) is 20.4 Å². The van der Waals surface area contributed by atoms with Crippen molar-refractivity contribution in [1.82, 2.24) is 60.7 Å². The van der Waals surface area contributed by atoms with Crippen LogP contribution in [-0.4, -0.2) is 179 Å². The van der Waals surface area contributed by atoms with Gasteiger partial charge < -0.3 is 83.6 Å². The Labute approximate surface area is 571 Å². The molecular weight excluding hydrogens is 1270 g/mol. The van der Waals surface area contributed by atoms with Crippen LogP contribution < -0.4 is 44.2 Å². The SMILES string of the molecule is Nc1cc(N[C@@H]2C[C@@H]3O[C@H]2C[C@H]3O)c2ccc(-c3ccn[nH]3)cc2n1.Nc1cc(N[C@@H]2C[C@H]3C[C@H](O)[C@@H]2O3)c2ccc(-c3ccn[nH]3)cc2n1.Nc1cc(N[C@H]2C[C@@H]3C[C@@H](O)[C@H]2O3)c2ccc(-c3ccn[nH]3)cc2n1.Nc1cc(N[C@H]2C[C@H]3O[C@@H]2C[C@@H]3O)c2ccc(-c3ccn[nH]3)cc2n1. The minimum atomic E-state index is -0.395. The number of nitrogen functional groups attached to an aromatic ring is 4. The fourth-order valence-corrected chi connectivity index (χ4v) is 15.9. The molecule has 0 radical (unpaired) electrons. The first-order valence-corrected chi connectivity index (χ1v) is 33.9. The maximum absolute atomic E-state index is 10.1. The molecule has 16 heterocycles. The van der Waals surface area contributed by atoms with Crippen LogP contribution in [0, 0.1) is 0 Å². The summed E-state index contributed by atoms with van der Waals surface area (Å²) in [6.45, 7) is 0. The third-order valence-electron chi connectivity index (χ3n) is 20.6. The number of aromatic nitrogens is 12. The van der Waals surface area contributed by atoms with Crippen LogP contribution >= 0.6 is 0 Å². The predicted molar refractivity (Wildman–Crippen MR) is 380 cm³/mol. The summed E-state index contributed by atoms with van der Waals surface area (Å²) >= 11 is 0. The minimum Gasteiger partial charge on any atom is -0.390 e. The number of nitrogens with zero attached hydrogens (tertiary/aromatic N) is 8. The number of rotatable bonds is 12. The molecule has 512 valence electrons. The lowest BCUT2D eigenvalue weighted by Crippen LogP contribution is -2.39. The Kier molecular flexibility index (Phi) is 16.3. The predicted octanol–water partition coefficient (Wildman–Crippen LogP) is 7.64. The number of pyridine rings is 4. The van der Waals surface area contributed by atoms with Crippen molar-refractivity contribution in [2.45, 2.75) is 149 Å². The highest BCUT2D eigenvalue weighted by molar-refractivity contribution is 5.98. The van der Waals surface area contributed by atoms with E-state index >= 15 is 0 Å². The Balaban J connectivity index is 0.0000000997. The molecule has 0 spiro atoms. The third kappa shape index (κ3) is 12.4. The maximum atomic E-state index is 10.1. The molecule has 0 saturated carbocycles. The molecule has 8 aromatic heterocycles. The molecule has 0 unspecified atom stereocenters. The molecule has 0 amide bonds. The van der Waals surface area contributed by atoms with Crippen molar-refractivity contribution < 1.29 is 39.4 Å². The third-order valence-corrected chi connectivity index (χ3v) is 20.6. The molecule has 12 aromatic rings. The van der Waals surface area contributed by atoms with E-state index in [2.05, 4.69) is 82.0 Å². The Hall–Kier alpha value is -10.6. The van der Waals surface area contributed by atoms with E-state index < -0.39 is 12.2 Å². The molecule has 8 aliphatic heterocycles. The van der Waals surface area contributed by atoms with Crippen molar-refractivity contribution in [2.75, 3.05) is 44.2 Å². The molecule has 8 fully saturated rings. The molecule has 100 heavy (non-hydrogen) atoms. The average molecular weight is 1350 g/mol. The van der Waals surface area contributed by atoms with Crippen molar-refractivity contribution in [3.8, 4) is 45.0 Å². The summed E-state index contributed by atoms with van der Waals surface area (Å²) in [5.41, 5.74) is 38.9.